The van der Waals surface area contributed by atoms with Crippen LogP contribution in [-0.4, -0.2) is 22.4 Å². The molecule has 6 nitrogen and oxygen atoms in total. The first-order valence-corrected chi connectivity index (χ1v) is 18.3. The number of hydrogen-bond donors (Lipinski definition) is 1. The highest BCUT2D eigenvalue weighted by Crippen LogP contribution is 2.60. The molecule has 7 heteroatoms. The van der Waals surface area contributed by atoms with Crippen LogP contribution < -0.4 is 10.2 Å². The number of nitrogens with one attached hydrogen (secondary N) is 1. The number of anilines is 1. The number of halogens is 1. The molecule has 50 heavy (non-hydrogen) atoms. The van der Waals surface area contributed by atoms with Crippen LogP contribution in [0.5, 0.6) is 0 Å². The lowest BCUT2D eigenvalue weighted by atomic mass is 9.48. The fourth-order valence-corrected chi connectivity index (χ4v) is 9.95. The fraction of sp³-hybridized carbons (Fsp3) is 0.233. The topological polar surface area (TPSA) is 71.4 Å². The molecule has 0 unspecified atom stereocenters. The number of nitrogens with zero attached hydrogens (tertiary/aromatic N) is 2. The van der Waals surface area contributed by atoms with Crippen molar-refractivity contribution in [2.75, 3.05) is 4.90 Å². The third-order valence-corrected chi connectivity index (χ3v) is 11.9. The average molecular weight is 723 g/mol. The lowest BCUT2D eigenvalue weighted by molar-refractivity contribution is -0.122. The second-order valence-electron chi connectivity index (χ2n) is 14.6. The lowest BCUT2D eigenvalue weighted by Crippen LogP contribution is -2.54. The molecule has 0 atom stereocenters. The molecule has 4 saturated carbocycles. The number of rotatable bonds is 6. The summed E-state index contributed by atoms with van der Waals surface area (Å²) in [5, 5.41) is 2.45. The summed E-state index contributed by atoms with van der Waals surface area (Å²) in [5.41, 5.74) is 7.10. The maximum Gasteiger partial charge on any atom is 0.335 e. The average Bonchev–Trinajstić information content (AvgIpc) is 3.50. The van der Waals surface area contributed by atoms with Crippen LogP contribution >= 0.6 is 15.9 Å². The van der Waals surface area contributed by atoms with E-state index in [2.05, 4.69) is 37.9 Å². The zero-order valence-electron chi connectivity index (χ0n) is 27.5. The standard InChI is InChI=1S/C43H36BrN3O3/c44-34-13-17-35(18-14-34)46-38(30-7-3-1-4-8-30)23-32(39(46)31-9-5-2-6-10-31)22-37-40(48)45-42(50)47(41(37)49)36-15-11-33(12-16-36)43-24-27-19-28(25-43)21-29(20-27)26-43/h1-18,22-23,27-29H,19-21,24-26H2,(H,45,48,50)/b37-22-. The van der Waals surface area contributed by atoms with Crippen molar-refractivity contribution in [3.8, 4) is 28.2 Å². The van der Waals surface area contributed by atoms with E-state index in [1.165, 1.54) is 44.1 Å². The van der Waals surface area contributed by atoms with Crippen LogP contribution in [-0.2, 0) is 15.0 Å². The summed E-state index contributed by atoms with van der Waals surface area (Å²) < 4.78 is 3.11. The van der Waals surface area contributed by atoms with Crippen molar-refractivity contribution in [3.63, 3.8) is 0 Å². The van der Waals surface area contributed by atoms with E-state index in [0.29, 0.717) is 11.3 Å². The van der Waals surface area contributed by atoms with Crippen LogP contribution in [0.4, 0.5) is 10.5 Å². The van der Waals surface area contributed by atoms with Crippen LogP contribution in [0.3, 0.4) is 0 Å². The van der Waals surface area contributed by atoms with Crippen LogP contribution in [0.1, 0.15) is 49.7 Å². The van der Waals surface area contributed by atoms with Crippen molar-refractivity contribution < 1.29 is 14.4 Å². The van der Waals surface area contributed by atoms with Gasteiger partial charge in [0.2, 0.25) is 0 Å². The van der Waals surface area contributed by atoms with Crippen molar-refractivity contribution >= 4 is 45.5 Å². The van der Waals surface area contributed by atoms with Crippen LogP contribution in [0, 0.1) is 17.8 Å². The highest BCUT2D eigenvalue weighted by Gasteiger charge is 2.51. The van der Waals surface area contributed by atoms with Gasteiger partial charge in [0.05, 0.1) is 17.1 Å². The van der Waals surface area contributed by atoms with E-state index >= 15 is 0 Å². The summed E-state index contributed by atoms with van der Waals surface area (Å²) >= 11 is 3.57. The summed E-state index contributed by atoms with van der Waals surface area (Å²) in [6.07, 6.45) is 9.44. The van der Waals surface area contributed by atoms with E-state index in [4.69, 9.17) is 0 Å². The van der Waals surface area contributed by atoms with Gasteiger partial charge in [-0.2, -0.15) is 0 Å². The zero-order chi connectivity index (χ0) is 34.0. The Hall–Kier alpha value is -5.01. The van der Waals surface area contributed by atoms with Crippen molar-refractivity contribution in [1.82, 2.24) is 9.88 Å². The minimum atomic E-state index is -0.736. The normalized spacial score (nSPS) is 25.0. The largest absolute Gasteiger partial charge is 0.335 e. The molecule has 0 spiro atoms. The van der Waals surface area contributed by atoms with Crippen molar-refractivity contribution in [1.29, 1.82) is 0 Å². The van der Waals surface area contributed by atoms with Gasteiger partial charge >= 0.3 is 6.03 Å². The van der Waals surface area contributed by atoms with Crippen molar-refractivity contribution in [2.24, 2.45) is 17.8 Å². The third kappa shape index (κ3) is 5.26. The van der Waals surface area contributed by atoms with Gasteiger partial charge in [-0.05, 0) is 127 Å². The molecule has 4 aromatic carbocycles. The van der Waals surface area contributed by atoms with Gasteiger partial charge in [0, 0.05) is 15.7 Å². The predicted octanol–water partition coefficient (Wildman–Crippen LogP) is 9.71. The van der Waals surface area contributed by atoms with Gasteiger partial charge in [-0.1, -0.05) is 88.7 Å². The lowest BCUT2D eigenvalue weighted by Gasteiger charge is -2.57. The predicted molar refractivity (Wildman–Crippen MR) is 200 cm³/mol. The molecule has 5 aliphatic rings. The SMILES string of the molecule is O=C1NC(=O)N(c2ccc(C34CC5CC(CC(C5)C3)C4)cc2)C(=O)/C1=C\c1cc(-c2ccccc2)n(-c2ccc(Br)cc2)c1-c1ccccc1. The summed E-state index contributed by atoms with van der Waals surface area (Å²) in [5.74, 6) is 1.10. The Morgan fingerprint density at radius 2 is 1.24 bits per heavy atom. The Labute approximate surface area is 300 Å². The number of amides is 4. The molecular formula is C43H36BrN3O3. The number of benzene rings is 4. The maximum absolute atomic E-state index is 14.2. The van der Waals surface area contributed by atoms with Gasteiger partial charge < -0.3 is 4.57 Å². The van der Waals surface area contributed by atoms with E-state index < -0.39 is 17.8 Å². The van der Waals surface area contributed by atoms with Crippen molar-refractivity contribution in [2.45, 2.75) is 43.9 Å². The van der Waals surface area contributed by atoms with Gasteiger partial charge in [-0.25, -0.2) is 9.69 Å². The van der Waals surface area contributed by atoms with Gasteiger partial charge in [0.25, 0.3) is 11.8 Å². The van der Waals surface area contributed by atoms with Crippen LogP contribution in [0.2, 0.25) is 0 Å². The summed E-state index contributed by atoms with van der Waals surface area (Å²) in [6, 6.07) is 37.3. The molecule has 1 saturated heterocycles. The summed E-state index contributed by atoms with van der Waals surface area (Å²) in [7, 11) is 0. The van der Waals surface area contributed by atoms with Crippen molar-refractivity contribution in [3.05, 3.63) is 136 Å². The molecule has 1 N–H and O–H groups in total. The minimum Gasteiger partial charge on any atom is -0.309 e. The smallest absolute Gasteiger partial charge is 0.309 e. The number of aromatic nitrogens is 1. The highest BCUT2D eigenvalue weighted by molar-refractivity contribution is 9.10. The van der Waals surface area contributed by atoms with E-state index in [9.17, 15) is 14.4 Å². The molecule has 5 aromatic rings. The summed E-state index contributed by atoms with van der Waals surface area (Å²) in [6.45, 7) is 0. The Morgan fingerprint density at radius 3 is 1.84 bits per heavy atom. The maximum atomic E-state index is 14.2. The minimum absolute atomic E-state index is 0.0977. The monoisotopic (exact) mass is 721 g/mol. The molecule has 2 heterocycles. The number of barbiturate groups is 1. The highest BCUT2D eigenvalue weighted by atomic mass is 79.9. The number of imide groups is 2. The molecule has 5 fully saturated rings. The van der Waals surface area contributed by atoms with Gasteiger partial charge in [-0.15, -0.1) is 0 Å². The Morgan fingerprint density at radius 1 is 0.680 bits per heavy atom. The second kappa shape index (κ2) is 12.1. The first-order valence-electron chi connectivity index (χ1n) is 17.5. The molecule has 1 aliphatic heterocycles. The first kappa shape index (κ1) is 31.0. The Bertz CT molecular complexity index is 2130. The van der Waals surface area contributed by atoms with E-state index in [0.717, 1.165) is 55.3 Å². The molecule has 4 aliphatic carbocycles. The van der Waals surface area contributed by atoms with E-state index in [-0.39, 0.29) is 11.0 Å². The summed E-state index contributed by atoms with van der Waals surface area (Å²) in [4.78, 5) is 42.1. The fourth-order valence-electron chi connectivity index (χ4n) is 9.69. The van der Waals surface area contributed by atoms with Crippen LogP contribution in [0.25, 0.3) is 34.3 Å². The third-order valence-electron chi connectivity index (χ3n) is 11.4. The van der Waals surface area contributed by atoms with E-state index in [1.807, 2.05) is 103 Å². The Balaban J connectivity index is 1.13. The molecule has 4 amide bonds. The van der Waals surface area contributed by atoms with E-state index in [1.54, 1.807) is 6.08 Å². The zero-order valence-corrected chi connectivity index (χ0v) is 29.1. The second-order valence-corrected chi connectivity index (χ2v) is 15.5. The first-order chi connectivity index (χ1) is 24.3. The number of carbonyl (C=O) groups excluding carboxylic acids is 3. The van der Waals surface area contributed by atoms with Gasteiger partial charge in [-0.3, -0.25) is 14.9 Å². The van der Waals surface area contributed by atoms with Gasteiger partial charge in [0.1, 0.15) is 5.57 Å². The molecule has 4 bridgehead atoms. The number of carbonyl (C=O) groups is 3. The molecule has 0 radical (unpaired) electrons. The molecule has 10 rings (SSSR count). The Kier molecular flexibility index (Phi) is 7.50. The number of urea groups is 1. The van der Waals surface area contributed by atoms with Crippen LogP contribution in [0.15, 0.2) is 125 Å². The molecular weight excluding hydrogens is 686 g/mol. The van der Waals surface area contributed by atoms with Gasteiger partial charge in [0.15, 0.2) is 0 Å². The molecule has 1 aromatic heterocycles. The molecule has 248 valence electrons. The number of hydrogen-bond acceptors (Lipinski definition) is 3. The quantitative estimate of drug-likeness (QED) is 0.140.